The van der Waals surface area contributed by atoms with Crippen molar-refractivity contribution in [2.24, 2.45) is 0 Å². The van der Waals surface area contributed by atoms with Crippen molar-refractivity contribution in [3.63, 3.8) is 0 Å². The van der Waals surface area contributed by atoms with E-state index in [0.29, 0.717) is 23.9 Å². The van der Waals surface area contributed by atoms with Crippen LogP contribution in [-0.2, 0) is 6.61 Å². The fourth-order valence-electron chi connectivity index (χ4n) is 1.69. The quantitative estimate of drug-likeness (QED) is 0.854. The van der Waals surface area contributed by atoms with Crippen LogP contribution in [0.15, 0.2) is 12.1 Å². The van der Waals surface area contributed by atoms with Gasteiger partial charge in [0.25, 0.3) is 0 Å². The molecule has 1 aliphatic heterocycles. The van der Waals surface area contributed by atoms with Crippen molar-refractivity contribution in [1.29, 1.82) is 0 Å². The number of hydrogen-bond donors (Lipinski definition) is 1. The first kappa shape index (κ1) is 11.1. The zero-order chi connectivity index (χ0) is 11.8. The van der Waals surface area contributed by atoms with Crippen molar-refractivity contribution >= 4 is 0 Å². The predicted molar refractivity (Wildman–Crippen MR) is 58.9 cm³/mol. The van der Waals surface area contributed by atoms with Crippen molar-refractivity contribution in [1.82, 2.24) is 0 Å². The van der Waals surface area contributed by atoms with Crippen LogP contribution in [0.2, 0.25) is 0 Å². The summed E-state index contributed by atoms with van der Waals surface area (Å²) in [7, 11) is 0. The SMILES string of the molecule is CCOc1cc(CO)cc2c1OC(C)(C)O2. The Morgan fingerprint density at radius 2 is 2.06 bits per heavy atom. The first-order chi connectivity index (χ1) is 7.55. The minimum absolute atomic E-state index is 0.0445. The molecule has 0 spiro atoms. The minimum Gasteiger partial charge on any atom is -0.490 e. The van der Waals surface area contributed by atoms with Crippen molar-refractivity contribution in [2.75, 3.05) is 6.61 Å². The standard InChI is InChI=1S/C12H16O4/c1-4-14-9-5-8(7-13)6-10-11(9)16-12(2,3)15-10/h5-6,13H,4,7H2,1-3H3. The van der Waals surface area contributed by atoms with E-state index in [2.05, 4.69) is 0 Å². The Kier molecular flexibility index (Phi) is 2.68. The molecule has 16 heavy (non-hydrogen) atoms. The lowest BCUT2D eigenvalue weighted by atomic mass is 10.2. The normalized spacial score (nSPS) is 16.2. The molecule has 0 aliphatic carbocycles. The summed E-state index contributed by atoms with van der Waals surface area (Å²) in [6.45, 7) is 6.07. The van der Waals surface area contributed by atoms with E-state index < -0.39 is 5.79 Å². The van der Waals surface area contributed by atoms with Crippen molar-refractivity contribution < 1.29 is 19.3 Å². The fraction of sp³-hybridized carbons (Fsp3) is 0.500. The van der Waals surface area contributed by atoms with Crippen LogP contribution in [0.4, 0.5) is 0 Å². The van der Waals surface area contributed by atoms with Crippen LogP contribution in [-0.4, -0.2) is 17.5 Å². The van der Waals surface area contributed by atoms with Gasteiger partial charge in [-0.05, 0) is 24.6 Å². The van der Waals surface area contributed by atoms with Gasteiger partial charge in [-0.3, -0.25) is 0 Å². The van der Waals surface area contributed by atoms with E-state index in [0.717, 1.165) is 5.56 Å². The average molecular weight is 224 g/mol. The zero-order valence-corrected chi connectivity index (χ0v) is 9.74. The molecule has 0 unspecified atom stereocenters. The van der Waals surface area contributed by atoms with Crippen molar-refractivity contribution in [3.05, 3.63) is 17.7 Å². The lowest BCUT2D eigenvalue weighted by Crippen LogP contribution is -2.29. The van der Waals surface area contributed by atoms with Crippen LogP contribution in [0, 0.1) is 0 Å². The molecule has 1 N–H and O–H groups in total. The van der Waals surface area contributed by atoms with Gasteiger partial charge in [-0.25, -0.2) is 0 Å². The van der Waals surface area contributed by atoms with E-state index in [-0.39, 0.29) is 6.61 Å². The lowest BCUT2D eigenvalue weighted by molar-refractivity contribution is -0.0441. The number of benzene rings is 1. The maximum absolute atomic E-state index is 9.14. The van der Waals surface area contributed by atoms with Crippen molar-refractivity contribution in [2.45, 2.75) is 33.2 Å². The van der Waals surface area contributed by atoms with Gasteiger partial charge in [-0.1, -0.05) is 0 Å². The van der Waals surface area contributed by atoms with E-state index in [1.807, 2.05) is 20.8 Å². The Bertz CT molecular complexity index is 398. The fourth-order valence-corrected chi connectivity index (χ4v) is 1.69. The molecule has 0 atom stereocenters. The van der Waals surface area contributed by atoms with Crippen LogP contribution in [0.5, 0.6) is 17.2 Å². The molecule has 0 amide bonds. The molecule has 0 radical (unpaired) electrons. The summed E-state index contributed by atoms with van der Waals surface area (Å²) in [5.41, 5.74) is 0.753. The van der Waals surface area contributed by atoms with Gasteiger partial charge >= 0.3 is 0 Å². The highest BCUT2D eigenvalue weighted by molar-refractivity contribution is 5.55. The number of fused-ring (bicyclic) bond motifs is 1. The van der Waals surface area contributed by atoms with E-state index in [1.165, 1.54) is 0 Å². The summed E-state index contributed by atoms with van der Waals surface area (Å²) in [6, 6.07) is 3.54. The molecular formula is C12H16O4. The molecule has 1 heterocycles. The number of rotatable bonds is 3. The maximum Gasteiger partial charge on any atom is 0.246 e. The number of aliphatic hydroxyl groups is 1. The van der Waals surface area contributed by atoms with Gasteiger partial charge in [0, 0.05) is 13.8 Å². The summed E-state index contributed by atoms with van der Waals surface area (Å²) in [5.74, 6) is 1.18. The Balaban J connectivity index is 2.43. The highest BCUT2D eigenvalue weighted by Crippen LogP contribution is 2.46. The Morgan fingerprint density at radius 1 is 1.31 bits per heavy atom. The summed E-state index contributed by atoms with van der Waals surface area (Å²) >= 11 is 0. The highest BCUT2D eigenvalue weighted by Gasteiger charge is 2.34. The topological polar surface area (TPSA) is 47.9 Å². The molecule has 0 saturated carbocycles. The van der Waals surface area contributed by atoms with Crippen LogP contribution in [0.1, 0.15) is 26.3 Å². The molecule has 4 heteroatoms. The summed E-state index contributed by atoms with van der Waals surface area (Å²) in [5, 5.41) is 9.14. The average Bonchev–Trinajstić information content (AvgIpc) is 2.52. The smallest absolute Gasteiger partial charge is 0.246 e. The predicted octanol–water partition coefficient (Wildman–Crippen LogP) is 2.08. The molecule has 0 saturated heterocycles. The van der Waals surface area contributed by atoms with E-state index in [1.54, 1.807) is 12.1 Å². The third-order valence-electron chi connectivity index (χ3n) is 2.27. The van der Waals surface area contributed by atoms with Crippen LogP contribution < -0.4 is 14.2 Å². The number of hydrogen-bond acceptors (Lipinski definition) is 4. The van der Waals surface area contributed by atoms with Gasteiger partial charge in [0.2, 0.25) is 11.5 Å². The zero-order valence-electron chi connectivity index (χ0n) is 9.74. The Hall–Kier alpha value is -1.42. The molecule has 0 fully saturated rings. The molecular weight excluding hydrogens is 208 g/mol. The highest BCUT2D eigenvalue weighted by atomic mass is 16.7. The Labute approximate surface area is 94.8 Å². The lowest BCUT2D eigenvalue weighted by Gasteiger charge is -2.16. The maximum atomic E-state index is 9.14. The van der Waals surface area contributed by atoms with Crippen LogP contribution >= 0.6 is 0 Å². The minimum atomic E-state index is -0.678. The van der Waals surface area contributed by atoms with Gasteiger partial charge in [-0.2, -0.15) is 0 Å². The Morgan fingerprint density at radius 3 is 2.69 bits per heavy atom. The van der Waals surface area contributed by atoms with Gasteiger partial charge in [-0.15, -0.1) is 0 Å². The van der Waals surface area contributed by atoms with Gasteiger partial charge in [0.15, 0.2) is 11.5 Å². The first-order valence-electron chi connectivity index (χ1n) is 5.34. The molecule has 0 aromatic heterocycles. The molecule has 88 valence electrons. The second kappa shape index (κ2) is 3.87. The third-order valence-corrected chi connectivity index (χ3v) is 2.27. The first-order valence-corrected chi connectivity index (χ1v) is 5.34. The summed E-state index contributed by atoms with van der Waals surface area (Å²) in [4.78, 5) is 0. The van der Waals surface area contributed by atoms with Gasteiger partial charge in [0.1, 0.15) is 0 Å². The van der Waals surface area contributed by atoms with Crippen molar-refractivity contribution in [3.8, 4) is 17.2 Å². The molecule has 2 rings (SSSR count). The second-order valence-electron chi connectivity index (χ2n) is 4.12. The van der Waals surface area contributed by atoms with E-state index in [9.17, 15) is 0 Å². The molecule has 4 nitrogen and oxygen atoms in total. The third kappa shape index (κ3) is 1.93. The molecule has 1 aliphatic rings. The molecule has 1 aromatic rings. The molecule has 1 aromatic carbocycles. The van der Waals surface area contributed by atoms with E-state index in [4.69, 9.17) is 19.3 Å². The molecule has 0 bridgehead atoms. The number of aliphatic hydroxyl groups excluding tert-OH is 1. The van der Waals surface area contributed by atoms with Gasteiger partial charge < -0.3 is 19.3 Å². The monoisotopic (exact) mass is 224 g/mol. The van der Waals surface area contributed by atoms with Crippen LogP contribution in [0.25, 0.3) is 0 Å². The number of ether oxygens (including phenoxy) is 3. The van der Waals surface area contributed by atoms with E-state index >= 15 is 0 Å². The largest absolute Gasteiger partial charge is 0.490 e. The summed E-state index contributed by atoms with van der Waals surface area (Å²) in [6.07, 6.45) is 0. The van der Waals surface area contributed by atoms with Crippen LogP contribution in [0.3, 0.4) is 0 Å². The summed E-state index contributed by atoms with van der Waals surface area (Å²) < 4.78 is 16.7. The second-order valence-corrected chi connectivity index (χ2v) is 4.12. The van der Waals surface area contributed by atoms with Gasteiger partial charge in [0.05, 0.1) is 13.2 Å².